The van der Waals surface area contributed by atoms with Crippen molar-refractivity contribution in [2.45, 2.75) is 62.8 Å². The summed E-state index contributed by atoms with van der Waals surface area (Å²) in [6.45, 7) is 3.04. The Kier molecular flexibility index (Phi) is 8.03. The summed E-state index contributed by atoms with van der Waals surface area (Å²) in [7, 11) is 0. The Morgan fingerprint density at radius 2 is 1.77 bits per heavy atom. The molecule has 2 aromatic heterocycles. The van der Waals surface area contributed by atoms with Crippen LogP contribution in [0, 0.1) is 5.82 Å². The van der Waals surface area contributed by atoms with E-state index in [9.17, 15) is 32.3 Å². The number of primary amides is 1. The quantitative estimate of drug-likeness (QED) is 0.148. The summed E-state index contributed by atoms with van der Waals surface area (Å²) >= 11 is 0. The van der Waals surface area contributed by atoms with Crippen LogP contribution in [0.2, 0.25) is 0 Å². The first-order valence-corrected chi connectivity index (χ1v) is 15.0. The predicted octanol–water partition coefficient (Wildman–Crippen LogP) is 6.52. The fourth-order valence-electron chi connectivity index (χ4n) is 5.45. The van der Waals surface area contributed by atoms with Crippen LogP contribution in [-0.2, 0) is 22.0 Å². The van der Waals surface area contributed by atoms with Crippen molar-refractivity contribution in [3.8, 4) is 33.9 Å². The van der Waals surface area contributed by atoms with E-state index in [1.807, 2.05) is 0 Å². The summed E-state index contributed by atoms with van der Waals surface area (Å²) in [4.78, 5) is 34.1. The lowest BCUT2D eigenvalue weighted by molar-refractivity contribution is -0.141. The Morgan fingerprint density at radius 3 is 2.43 bits per heavy atom. The molecule has 244 valence electrons. The Morgan fingerprint density at radius 1 is 1.04 bits per heavy atom. The molecule has 12 heteroatoms. The van der Waals surface area contributed by atoms with Gasteiger partial charge in [-0.15, -0.1) is 0 Å². The molecule has 3 heterocycles. The van der Waals surface area contributed by atoms with Crippen LogP contribution in [-0.4, -0.2) is 39.5 Å². The van der Waals surface area contributed by atoms with Crippen LogP contribution in [0.1, 0.15) is 66.8 Å². The second-order valence-electron chi connectivity index (χ2n) is 12.4. The molecule has 0 unspecified atom stereocenters. The maximum atomic E-state index is 13.7. The maximum absolute atomic E-state index is 13.7. The van der Waals surface area contributed by atoms with Gasteiger partial charge in [-0.2, -0.15) is 13.2 Å². The number of Topliss-reactive ketones (excluding diaryl/α,β-unsaturated/α-hetero) is 1. The van der Waals surface area contributed by atoms with Gasteiger partial charge in [0.15, 0.2) is 5.78 Å². The number of alkyl halides is 3. The first kappa shape index (κ1) is 32.1. The number of halogens is 4. The number of carbonyl (C=O) groups excluding carboxylic acids is 2. The lowest BCUT2D eigenvalue weighted by atomic mass is 9.81. The van der Waals surface area contributed by atoms with Crippen molar-refractivity contribution in [2.24, 2.45) is 5.73 Å². The van der Waals surface area contributed by atoms with E-state index in [4.69, 9.17) is 15.2 Å². The van der Waals surface area contributed by atoms with E-state index in [0.717, 1.165) is 25.1 Å². The summed E-state index contributed by atoms with van der Waals surface area (Å²) in [5.74, 6) is -0.838. The second-order valence-corrected chi connectivity index (χ2v) is 12.4. The zero-order valence-electron chi connectivity index (χ0n) is 25.5. The highest BCUT2D eigenvalue weighted by Gasteiger charge is 2.45. The molecule has 1 amide bonds. The van der Waals surface area contributed by atoms with Crippen molar-refractivity contribution in [3.63, 3.8) is 0 Å². The second kappa shape index (κ2) is 11.8. The SMILES string of the molecule is C[C@](O)(CCC(=O)c1ccc(OC2CC2)c(-c2ccnc(C(F)(F)F)c2)c1)c1cc2c(c(-c3ccc(F)cc3)n1)OC[C@]2(C)C(N)=O. The summed E-state index contributed by atoms with van der Waals surface area (Å²) in [6, 6.07) is 14.0. The zero-order chi connectivity index (χ0) is 33.7. The smallest absolute Gasteiger partial charge is 0.433 e. The fourth-order valence-corrected chi connectivity index (χ4v) is 5.45. The number of ketones is 1. The third kappa shape index (κ3) is 6.42. The van der Waals surface area contributed by atoms with E-state index >= 15 is 0 Å². The summed E-state index contributed by atoms with van der Waals surface area (Å²) in [5.41, 5.74) is 3.79. The van der Waals surface area contributed by atoms with Crippen molar-refractivity contribution in [1.29, 1.82) is 0 Å². The number of hydrogen-bond donors (Lipinski definition) is 2. The normalized spacial score (nSPS) is 18.6. The van der Waals surface area contributed by atoms with Gasteiger partial charge in [-0.25, -0.2) is 9.37 Å². The minimum Gasteiger partial charge on any atom is -0.490 e. The van der Waals surface area contributed by atoms with E-state index in [1.165, 1.54) is 49.4 Å². The Hall–Kier alpha value is -4.84. The molecule has 3 N–H and O–H groups in total. The topological polar surface area (TPSA) is 125 Å². The van der Waals surface area contributed by atoms with E-state index in [-0.39, 0.29) is 53.9 Å². The van der Waals surface area contributed by atoms with Gasteiger partial charge >= 0.3 is 6.18 Å². The van der Waals surface area contributed by atoms with Crippen LogP contribution in [0.5, 0.6) is 11.5 Å². The monoisotopic (exact) mass is 649 g/mol. The molecular formula is C35H31F4N3O5. The average Bonchev–Trinajstić information content (AvgIpc) is 3.79. The molecule has 2 atom stereocenters. The van der Waals surface area contributed by atoms with Gasteiger partial charge in [0.25, 0.3) is 0 Å². The van der Waals surface area contributed by atoms with Crippen molar-refractivity contribution in [2.75, 3.05) is 6.61 Å². The van der Waals surface area contributed by atoms with Crippen LogP contribution in [0.25, 0.3) is 22.4 Å². The molecule has 1 aliphatic carbocycles. The molecule has 1 fully saturated rings. The Balaban J connectivity index is 1.31. The number of nitrogens with two attached hydrogens (primary N) is 1. The summed E-state index contributed by atoms with van der Waals surface area (Å²) in [6.07, 6.45) is -2.26. The number of benzene rings is 2. The molecule has 1 saturated carbocycles. The van der Waals surface area contributed by atoms with Gasteiger partial charge in [0, 0.05) is 34.9 Å². The minimum atomic E-state index is -4.66. The largest absolute Gasteiger partial charge is 0.490 e. The molecule has 2 aromatic carbocycles. The minimum absolute atomic E-state index is 0.0456. The molecule has 0 radical (unpaired) electrons. The zero-order valence-corrected chi connectivity index (χ0v) is 25.5. The lowest BCUT2D eigenvalue weighted by Gasteiger charge is -2.26. The van der Waals surface area contributed by atoms with Gasteiger partial charge < -0.3 is 20.3 Å². The van der Waals surface area contributed by atoms with E-state index in [2.05, 4.69) is 9.97 Å². The number of nitrogens with zero attached hydrogens (tertiary/aromatic N) is 2. The van der Waals surface area contributed by atoms with Crippen LogP contribution >= 0.6 is 0 Å². The van der Waals surface area contributed by atoms with Crippen molar-refractivity contribution in [3.05, 3.63) is 95.2 Å². The third-order valence-corrected chi connectivity index (χ3v) is 8.61. The number of aromatic nitrogens is 2. The summed E-state index contributed by atoms with van der Waals surface area (Å²) in [5, 5.41) is 11.7. The first-order valence-electron chi connectivity index (χ1n) is 15.0. The van der Waals surface area contributed by atoms with E-state index in [0.29, 0.717) is 28.2 Å². The van der Waals surface area contributed by atoms with Crippen LogP contribution in [0.3, 0.4) is 0 Å². The Bertz CT molecular complexity index is 1870. The van der Waals surface area contributed by atoms with Gasteiger partial charge in [-0.05, 0) is 99.3 Å². The average molecular weight is 650 g/mol. The van der Waals surface area contributed by atoms with E-state index in [1.54, 1.807) is 19.1 Å². The summed E-state index contributed by atoms with van der Waals surface area (Å²) < 4.78 is 65.8. The number of fused-ring (bicyclic) bond motifs is 1. The number of rotatable bonds is 10. The molecule has 0 saturated heterocycles. The van der Waals surface area contributed by atoms with E-state index < -0.39 is 34.6 Å². The number of carbonyl (C=O) groups is 2. The van der Waals surface area contributed by atoms with Crippen LogP contribution < -0.4 is 15.2 Å². The van der Waals surface area contributed by atoms with Crippen molar-refractivity contribution >= 4 is 11.7 Å². The van der Waals surface area contributed by atoms with Crippen molar-refractivity contribution in [1.82, 2.24) is 9.97 Å². The molecule has 0 spiro atoms. The van der Waals surface area contributed by atoms with Gasteiger partial charge in [-0.1, -0.05) is 0 Å². The number of aliphatic hydroxyl groups is 1. The molecule has 0 bridgehead atoms. The van der Waals surface area contributed by atoms with Crippen LogP contribution in [0.15, 0.2) is 66.9 Å². The maximum Gasteiger partial charge on any atom is 0.433 e. The number of pyridine rings is 2. The predicted molar refractivity (Wildman–Crippen MR) is 163 cm³/mol. The molecular weight excluding hydrogens is 618 g/mol. The van der Waals surface area contributed by atoms with Gasteiger partial charge in [0.1, 0.15) is 46.3 Å². The highest BCUT2D eigenvalue weighted by atomic mass is 19.4. The fraction of sp³-hybridized carbons (Fsp3) is 0.314. The Labute approximate surface area is 267 Å². The third-order valence-electron chi connectivity index (χ3n) is 8.61. The lowest BCUT2D eigenvalue weighted by Crippen LogP contribution is -2.40. The number of ether oxygens (including phenoxy) is 2. The molecule has 2 aliphatic rings. The highest BCUT2D eigenvalue weighted by Crippen LogP contribution is 2.46. The van der Waals surface area contributed by atoms with Gasteiger partial charge in [0.05, 0.1) is 11.8 Å². The van der Waals surface area contributed by atoms with Gasteiger partial charge in [-0.3, -0.25) is 14.6 Å². The van der Waals surface area contributed by atoms with Crippen LogP contribution in [0.4, 0.5) is 17.6 Å². The molecule has 1 aliphatic heterocycles. The highest BCUT2D eigenvalue weighted by molar-refractivity contribution is 5.98. The first-order chi connectivity index (χ1) is 22.2. The molecule has 47 heavy (non-hydrogen) atoms. The van der Waals surface area contributed by atoms with Gasteiger partial charge in [0.2, 0.25) is 5.91 Å². The molecule has 6 rings (SSSR count). The number of amides is 1. The number of hydrogen-bond acceptors (Lipinski definition) is 7. The molecule has 8 nitrogen and oxygen atoms in total. The molecule has 4 aromatic rings. The standard InChI is InChI=1S/C35H31F4N3O5/c1-33(32(40)44)18-46-31-25(33)17-28(42-30(31)19-3-6-22(36)7-4-19)34(2,45)13-11-26(43)21-5-10-27(47-23-8-9-23)24(15-21)20-12-14-41-29(16-20)35(37,38)39/h3-7,10,12,14-17,23,45H,8-9,11,13,18H2,1-2H3,(H2,40,44)/t33-,34-/m0/s1. The van der Waals surface area contributed by atoms with Crippen molar-refractivity contribution < 1.29 is 41.7 Å².